The molecule has 0 aromatic heterocycles. The molecule has 25 heavy (non-hydrogen) atoms. The van der Waals surface area contributed by atoms with Gasteiger partial charge in [-0.15, -0.1) is 0 Å². The molecule has 2 atom stereocenters. The first-order valence-corrected chi connectivity index (χ1v) is 8.46. The molecular formula is C19H16ClFN2O2. The van der Waals surface area contributed by atoms with Crippen LogP contribution in [0.15, 0.2) is 47.6 Å². The van der Waals surface area contributed by atoms with Crippen LogP contribution in [0.3, 0.4) is 0 Å². The van der Waals surface area contributed by atoms with Gasteiger partial charge in [0.2, 0.25) is 0 Å². The minimum atomic E-state index is -0.432. The van der Waals surface area contributed by atoms with Gasteiger partial charge in [-0.2, -0.15) is 0 Å². The molecule has 0 saturated carbocycles. The maximum absolute atomic E-state index is 14.2. The molecule has 1 fully saturated rings. The lowest BCUT2D eigenvalue weighted by atomic mass is 9.94. The molecule has 4 nitrogen and oxygen atoms in total. The molecule has 0 radical (unpaired) electrons. The number of rotatable bonds is 2. The number of likely N-dealkylation sites (tertiary alicyclic amines) is 1. The summed E-state index contributed by atoms with van der Waals surface area (Å²) >= 11 is 6.16. The molecule has 0 N–H and O–H groups in total. The van der Waals surface area contributed by atoms with Crippen molar-refractivity contribution in [2.24, 2.45) is 11.1 Å². The predicted octanol–water partition coefficient (Wildman–Crippen LogP) is 3.66. The zero-order chi connectivity index (χ0) is 17.6. The molecule has 0 aliphatic carbocycles. The van der Waals surface area contributed by atoms with Crippen molar-refractivity contribution in [3.63, 3.8) is 0 Å². The van der Waals surface area contributed by atoms with E-state index >= 15 is 0 Å². The predicted molar refractivity (Wildman–Crippen MR) is 93.4 cm³/mol. The van der Waals surface area contributed by atoms with Gasteiger partial charge in [-0.25, -0.2) is 4.39 Å². The first-order valence-electron chi connectivity index (χ1n) is 8.08. The van der Waals surface area contributed by atoms with E-state index in [1.807, 2.05) is 25.1 Å². The van der Waals surface area contributed by atoms with Crippen LogP contribution in [0, 0.1) is 18.7 Å². The first kappa shape index (κ1) is 16.1. The van der Waals surface area contributed by atoms with Crippen LogP contribution in [0.4, 0.5) is 4.39 Å². The van der Waals surface area contributed by atoms with Gasteiger partial charge in [0.05, 0.1) is 23.0 Å². The molecule has 1 saturated heterocycles. The molecule has 2 aliphatic heterocycles. The third kappa shape index (κ3) is 2.78. The molecule has 6 heteroatoms. The minimum absolute atomic E-state index is 0.0549. The van der Waals surface area contributed by atoms with Gasteiger partial charge in [0.1, 0.15) is 11.5 Å². The fraction of sp³-hybridized carbons (Fsp3) is 0.263. The number of amides is 1. The van der Waals surface area contributed by atoms with Gasteiger partial charge in [-0.05, 0) is 31.2 Å². The summed E-state index contributed by atoms with van der Waals surface area (Å²) in [6.45, 7) is 2.81. The van der Waals surface area contributed by atoms with Crippen LogP contribution >= 0.6 is 11.6 Å². The Morgan fingerprint density at radius 1 is 1.28 bits per heavy atom. The Morgan fingerprint density at radius 3 is 2.84 bits per heavy atom. The molecule has 2 heterocycles. The number of carbonyl (C=O) groups excluding carboxylic acids is 1. The Kier molecular flexibility index (Phi) is 3.96. The molecule has 0 bridgehead atoms. The lowest BCUT2D eigenvalue weighted by Gasteiger charge is -2.17. The maximum Gasteiger partial charge on any atom is 0.254 e. The summed E-state index contributed by atoms with van der Waals surface area (Å²) in [4.78, 5) is 19.9. The summed E-state index contributed by atoms with van der Waals surface area (Å²) < 4.78 is 14.2. The highest BCUT2D eigenvalue weighted by atomic mass is 35.5. The van der Waals surface area contributed by atoms with Gasteiger partial charge >= 0.3 is 0 Å². The molecule has 2 aromatic rings. The smallest absolute Gasteiger partial charge is 0.254 e. The fourth-order valence-corrected chi connectivity index (χ4v) is 3.70. The van der Waals surface area contributed by atoms with E-state index in [0.717, 1.165) is 5.56 Å². The SMILES string of the molecule is Cc1cccc(C(=O)N2CC3ON=C(c4c(F)cccc4Cl)C3C2)c1. The lowest BCUT2D eigenvalue weighted by Crippen LogP contribution is -2.30. The molecular weight excluding hydrogens is 343 g/mol. The first-order chi connectivity index (χ1) is 12.0. The minimum Gasteiger partial charge on any atom is -0.390 e. The fourth-order valence-electron chi connectivity index (χ4n) is 3.44. The van der Waals surface area contributed by atoms with E-state index in [-0.39, 0.29) is 23.5 Å². The van der Waals surface area contributed by atoms with Crippen molar-refractivity contribution in [3.8, 4) is 0 Å². The second-order valence-electron chi connectivity index (χ2n) is 6.40. The Hall–Kier alpha value is -2.40. The van der Waals surface area contributed by atoms with Crippen LogP contribution in [0.1, 0.15) is 21.5 Å². The highest BCUT2D eigenvalue weighted by molar-refractivity contribution is 6.34. The van der Waals surface area contributed by atoms with Crippen LogP contribution in [0.5, 0.6) is 0 Å². The van der Waals surface area contributed by atoms with E-state index < -0.39 is 5.82 Å². The van der Waals surface area contributed by atoms with Gasteiger partial charge in [-0.3, -0.25) is 4.79 Å². The van der Waals surface area contributed by atoms with Crippen LogP contribution in [-0.4, -0.2) is 35.7 Å². The summed E-state index contributed by atoms with van der Waals surface area (Å²) in [6, 6.07) is 12.0. The average molecular weight is 359 g/mol. The van der Waals surface area contributed by atoms with Crippen molar-refractivity contribution in [1.82, 2.24) is 4.90 Å². The van der Waals surface area contributed by atoms with E-state index in [1.54, 1.807) is 23.1 Å². The number of carbonyl (C=O) groups is 1. The summed E-state index contributed by atoms with van der Waals surface area (Å²) in [5.74, 6) is -0.664. The van der Waals surface area contributed by atoms with Crippen molar-refractivity contribution >= 4 is 23.2 Å². The monoisotopic (exact) mass is 358 g/mol. The van der Waals surface area contributed by atoms with Crippen LogP contribution < -0.4 is 0 Å². The zero-order valence-electron chi connectivity index (χ0n) is 13.6. The molecule has 2 aromatic carbocycles. The highest BCUT2D eigenvalue weighted by Crippen LogP contribution is 2.34. The van der Waals surface area contributed by atoms with Gasteiger partial charge in [0.15, 0.2) is 6.10 Å². The van der Waals surface area contributed by atoms with Crippen molar-refractivity contribution < 1.29 is 14.0 Å². The van der Waals surface area contributed by atoms with E-state index in [4.69, 9.17) is 16.4 Å². The van der Waals surface area contributed by atoms with Crippen LogP contribution in [-0.2, 0) is 4.84 Å². The number of aryl methyl sites for hydroxylation is 1. The number of oxime groups is 1. The molecule has 128 valence electrons. The molecule has 2 unspecified atom stereocenters. The average Bonchev–Trinajstić information content (AvgIpc) is 3.16. The second-order valence-corrected chi connectivity index (χ2v) is 6.81. The van der Waals surface area contributed by atoms with Gasteiger partial charge in [0.25, 0.3) is 5.91 Å². The third-order valence-corrected chi connectivity index (χ3v) is 4.99. The zero-order valence-corrected chi connectivity index (χ0v) is 14.3. The second kappa shape index (κ2) is 6.15. The Bertz CT molecular complexity index is 863. The van der Waals surface area contributed by atoms with Gasteiger partial charge < -0.3 is 9.74 Å². The third-order valence-electron chi connectivity index (χ3n) is 4.68. The number of hydrogen-bond donors (Lipinski definition) is 0. The largest absolute Gasteiger partial charge is 0.390 e. The number of nitrogens with zero attached hydrogens (tertiary/aromatic N) is 2. The quantitative estimate of drug-likeness (QED) is 0.822. The Labute approximate surface area is 149 Å². The number of hydrogen-bond acceptors (Lipinski definition) is 3. The number of benzene rings is 2. The highest BCUT2D eigenvalue weighted by Gasteiger charge is 2.45. The molecule has 0 spiro atoms. The van der Waals surface area contributed by atoms with Crippen molar-refractivity contribution in [1.29, 1.82) is 0 Å². The van der Waals surface area contributed by atoms with E-state index in [1.165, 1.54) is 6.07 Å². The Balaban J connectivity index is 1.58. The summed E-state index contributed by atoms with van der Waals surface area (Å²) in [6.07, 6.45) is -0.264. The number of halogens is 2. The van der Waals surface area contributed by atoms with Crippen molar-refractivity contribution in [2.75, 3.05) is 13.1 Å². The van der Waals surface area contributed by atoms with E-state index in [2.05, 4.69) is 5.16 Å². The van der Waals surface area contributed by atoms with Crippen molar-refractivity contribution in [2.45, 2.75) is 13.0 Å². The Morgan fingerprint density at radius 2 is 2.08 bits per heavy atom. The van der Waals surface area contributed by atoms with Gasteiger partial charge in [-0.1, -0.05) is 40.5 Å². The molecule has 4 rings (SSSR count). The summed E-state index contributed by atoms with van der Waals surface area (Å²) in [5.41, 5.74) is 2.42. The van der Waals surface area contributed by atoms with E-state index in [9.17, 15) is 9.18 Å². The van der Waals surface area contributed by atoms with Crippen LogP contribution in [0.2, 0.25) is 5.02 Å². The van der Waals surface area contributed by atoms with Crippen LogP contribution in [0.25, 0.3) is 0 Å². The number of fused-ring (bicyclic) bond motifs is 1. The summed E-state index contributed by atoms with van der Waals surface area (Å²) in [5, 5.41) is 4.34. The topological polar surface area (TPSA) is 41.9 Å². The standard InChI is InChI=1S/C19H16ClFN2O2/c1-11-4-2-5-12(8-11)19(24)23-9-13-16(10-23)25-22-18(13)17-14(20)6-3-7-15(17)21/h2-8,13,16H,9-10H2,1H3. The lowest BCUT2D eigenvalue weighted by molar-refractivity contribution is 0.0631. The summed E-state index contributed by atoms with van der Waals surface area (Å²) in [7, 11) is 0. The van der Waals surface area contributed by atoms with E-state index in [0.29, 0.717) is 29.4 Å². The van der Waals surface area contributed by atoms with Crippen molar-refractivity contribution in [3.05, 3.63) is 70.0 Å². The molecule has 1 amide bonds. The maximum atomic E-state index is 14.2. The normalized spacial score (nSPS) is 21.7. The molecule has 2 aliphatic rings. The van der Waals surface area contributed by atoms with Gasteiger partial charge in [0, 0.05) is 12.1 Å².